The number of anilines is 1. The lowest BCUT2D eigenvalue weighted by molar-refractivity contribution is -0.131. The number of halogens is 1. The summed E-state index contributed by atoms with van der Waals surface area (Å²) >= 11 is 0. The topological polar surface area (TPSA) is 85.6 Å². The highest BCUT2D eigenvalue weighted by atomic mass is 19.1. The zero-order valence-corrected chi connectivity index (χ0v) is 25.1. The van der Waals surface area contributed by atoms with E-state index < -0.39 is 17.8 Å². The summed E-state index contributed by atoms with van der Waals surface area (Å²) in [6.45, 7) is 10.4. The largest absolute Gasteiger partial charge is 0.462 e. The third kappa shape index (κ3) is 5.15. The Morgan fingerprint density at radius 3 is 2.74 bits per heavy atom. The number of carbonyl (C=O) groups excluding carboxylic acids is 1. The number of likely N-dealkylation sites (N-methyl/N-ethyl adjacent to an activating group) is 1. The van der Waals surface area contributed by atoms with E-state index in [-0.39, 0.29) is 11.8 Å². The van der Waals surface area contributed by atoms with E-state index in [1.54, 1.807) is 0 Å². The highest BCUT2D eigenvalue weighted by Crippen LogP contribution is 2.50. The van der Waals surface area contributed by atoms with Crippen LogP contribution in [0.25, 0.3) is 0 Å². The Kier molecular flexibility index (Phi) is 7.69. The summed E-state index contributed by atoms with van der Waals surface area (Å²) in [6, 6.07) is 7.13. The number of nitrogens with zero attached hydrogens (tertiary/aromatic N) is 6. The first-order valence-corrected chi connectivity index (χ1v) is 15.3. The van der Waals surface area contributed by atoms with E-state index in [2.05, 4.69) is 55.5 Å². The van der Waals surface area contributed by atoms with Crippen molar-refractivity contribution in [3.8, 4) is 12.1 Å². The summed E-state index contributed by atoms with van der Waals surface area (Å²) in [7, 11) is 2.13. The number of likely N-dealkylation sites (tertiary alicyclic amines) is 1. The number of nitriles is 1. The molecule has 2 aliphatic carbocycles. The summed E-state index contributed by atoms with van der Waals surface area (Å²) in [6.07, 6.45) is 7.30. The van der Waals surface area contributed by atoms with E-state index in [0.29, 0.717) is 38.3 Å². The second-order valence-electron chi connectivity index (χ2n) is 12.8. The quantitative estimate of drug-likeness (QED) is 0.476. The van der Waals surface area contributed by atoms with Gasteiger partial charge in [0.1, 0.15) is 12.4 Å². The minimum absolute atomic E-state index is 0.0601. The highest BCUT2D eigenvalue weighted by Gasteiger charge is 2.44. The second kappa shape index (κ2) is 11.3. The number of hydrogen-bond donors (Lipinski definition) is 0. The summed E-state index contributed by atoms with van der Waals surface area (Å²) in [5.41, 5.74) is 7.90. The van der Waals surface area contributed by atoms with E-state index in [9.17, 15) is 14.4 Å². The minimum Gasteiger partial charge on any atom is -0.462 e. The van der Waals surface area contributed by atoms with Crippen LogP contribution in [0.5, 0.6) is 6.01 Å². The fraction of sp³-hybridized carbons (Fsp3) is 0.576. The maximum absolute atomic E-state index is 13.8. The van der Waals surface area contributed by atoms with Crippen LogP contribution in [0.4, 0.5) is 10.2 Å². The number of rotatable bonds is 6. The molecule has 1 unspecified atom stereocenters. The molecule has 0 N–H and O–H groups in total. The monoisotopic (exact) mass is 572 g/mol. The van der Waals surface area contributed by atoms with Gasteiger partial charge in [0.2, 0.25) is 0 Å². The lowest BCUT2D eigenvalue weighted by atomic mass is 9.68. The van der Waals surface area contributed by atoms with Gasteiger partial charge in [-0.1, -0.05) is 24.3 Å². The Labute approximate surface area is 248 Å². The predicted molar refractivity (Wildman–Crippen MR) is 159 cm³/mol. The molecular formula is C33H41FN6O2. The van der Waals surface area contributed by atoms with Gasteiger partial charge in [-0.25, -0.2) is 4.39 Å². The number of aryl methyl sites for hydroxylation is 3. The third-order valence-electron chi connectivity index (χ3n) is 10.1. The van der Waals surface area contributed by atoms with Crippen LogP contribution >= 0.6 is 0 Å². The number of aromatic nitrogens is 2. The van der Waals surface area contributed by atoms with Gasteiger partial charge in [0.05, 0.1) is 24.2 Å². The lowest BCUT2D eigenvalue weighted by Crippen LogP contribution is -2.55. The fourth-order valence-corrected chi connectivity index (χ4v) is 8.05. The number of hydrogen-bond acceptors (Lipinski definition) is 7. The van der Waals surface area contributed by atoms with Crippen molar-refractivity contribution in [3.63, 3.8) is 0 Å². The summed E-state index contributed by atoms with van der Waals surface area (Å²) in [5.74, 6) is -0.902. The normalized spacial score (nSPS) is 25.3. The van der Waals surface area contributed by atoms with Crippen molar-refractivity contribution >= 4 is 11.7 Å². The van der Waals surface area contributed by atoms with Crippen LogP contribution < -0.4 is 9.64 Å². The number of benzene rings is 1. The molecule has 0 saturated carbocycles. The third-order valence-corrected chi connectivity index (χ3v) is 10.1. The molecule has 6 rings (SSSR count). The number of ether oxygens (including phenoxy) is 1. The van der Waals surface area contributed by atoms with Crippen molar-refractivity contribution in [2.24, 2.45) is 0 Å². The molecule has 1 aromatic heterocycles. The summed E-state index contributed by atoms with van der Waals surface area (Å²) < 4.78 is 20.1. The predicted octanol–water partition coefficient (Wildman–Crippen LogP) is 4.35. The van der Waals surface area contributed by atoms with E-state index in [1.807, 2.05) is 0 Å². The molecule has 0 bridgehead atoms. The molecule has 222 valence electrons. The Morgan fingerprint density at radius 2 is 2.00 bits per heavy atom. The maximum atomic E-state index is 13.8. The smallest absolute Gasteiger partial charge is 0.318 e. The van der Waals surface area contributed by atoms with Crippen LogP contribution in [-0.2, 0) is 29.5 Å². The SMILES string of the molecule is C=C(F)C(=O)N1CCN(c2nc(OC[C@@H]3CCCN3C)nc3c2CCC2(CCc4cc(C)cc(C)c42)C3)C[C@@H]1CC#N. The number of carbonyl (C=O) groups is 1. The molecule has 3 heterocycles. The summed E-state index contributed by atoms with van der Waals surface area (Å²) in [4.78, 5) is 28.5. The van der Waals surface area contributed by atoms with Crippen molar-refractivity contribution in [1.82, 2.24) is 19.8 Å². The lowest BCUT2D eigenvalue weighted by Gasteiger charge is -2.43. The van der Waals surface area contributed by atoms with E-state index >= 15 is 0 Å². The van der Waals surface area contributed by atoms with Gasteiger partial charge in [0.15, 0.2) is 5.83 Å². The van der Waals surface area contributed by atoms with Gasteiger partial charge >= 0.3 is 6.01 Å². The molecule has 0 radical (unpaired) electrons. The second-order valence-corrected chi connectivity index (χ2v) is 12.8. The molecule has 8 nitrogen and oxygen atoms in total. The zero-order valence-electron chi connectivity index (χ0n) is 25.1. The first kappa shape index (κ1) is 28.6. The molecule has 2 saturated heterocycles. The van der Waals surface area contributed by atoms with Gasteiger partial charge in [0, 0.05) is 43.1 Å². The van der Waals surface area contributed by atoms with Crippen LogP contribution in [0.3, 0.4) is 0 Å². The molecular weight excluding hydrogens is 531 g/mol. The van der Waals surface area contributed by atoms with Crippen molar-refractivity contribution in [2.45, 2.75) is 82.7 Å². The standard InChI is InChI=1S/C33H41FN6O2/c1-21-16-22(2)29-24(17-21)7-10-33(29)11-8-27-28(18-33)36-32(42-20-26-6-5-13-38(26)4)37-30(27)39-14-15-40(31(41)23(3)34)25(19-39)9-12-35/h16-17,25-26H,3,5-11,13-15,18-20H2,1-2,4H3/t25-,26-,33?/m0/s1. The summed E-state index contributed by atoms with van der Waals surface area (Å²) in [5, 5.41) is 9.51. The van der Waals surface area contributed by atoms with E-state index in [0.717, 1.165) is 68.6 Å². The Balaban J connectivity index is 1.35. The van der Waals surface area contributed by atoms with Gasteiger partial charge in [0.25, 0.3) is 5.91 Å². The van der Waals surface area contributed by atoms with Crippen LogP contribution in [0, 0.1) is 25.2 Å². The number of piperazine rings is 1. The van der Waals surface area contributed by atoms with Crippen LogP contribution in [0.2, 0.25) is 0 Å². The van der Waals surface area contributed by atoms with Crippen molar-refractivity contribution in [2.75, 3.05) is 44.7 Å². The molecule has 9 heteroatoms. The average Bonchev–Trinajstić information content (AvgIpc) is 3.53. The Bertz CT molecular complexity index is 1450. The zero-order chi connectivity index (χ0) is 29.6. The Hall–Kier alpha value is -3.51. The molecule has 1 aromatic carbocycles. The first-order chi connectivity index (χ1) is 20.2. The van der Waals surface area contributed by atoms with Crippen molar-refractivity contribution in [1.29, 1.82) is 5.26 Å². The number of amides is 1. The average molecular weight is 573 g/mol. The van der Waals surface area contributed by atoms with Crippen LogP contribution in [0.1, 0.15) is 65.6 Å². The number of fused-ring (bicyclic) bond motifs is 3. The van der Waals surface area contributed by atoms with Crippen LogP contribution in [-0.4, -0.2) is 77.6 Å². The molecule has 42 heavy (non-hydrogen) atoms. The van der Waals surface area contributed by atoms with Gasteiger partial charge in [-0.2, -0.15) is 15.2 Å². The van der Waals surface area contributed by atoms with Gasteiger partial charge < -0.3 is 19.4 Å². The van der Waals surface area contributed by atoms with Crippen molar-refractivity contribution in [3.05, 3.63) is 58.0 Å². The van der Waals surface area contributed by atoms with Gasteiger partial charge in [-0.3, -0.25) is 4.79 Å². The van der Waals surface area contributed by atoms with Gasteiger partial charge in [-0.15, -0.1) is 0 Å². The van der Waals surface area contributed by atoms with Gasteiger partial charge in [-0.05, 0) is 82.7 Å². The van der Waals surface area contributed by atoms with Crippen LogP contribution in [0.15, 0.2) is 24.5 Å². The fourth-order valence-electron chi connectivity index (χ4n) is 8.05. The molecule has 2 fully saturated rings. The molecule has 1 spiro atoms. The first-order valence-electron chi connectivity index (χ1n) is 15.3. The minimum atomic E-state index is -0.994. The molecule has 2 aromatic rings. The van der Waals surface area contributed by atoms with Crippen molar-refractivity contribution < 1.29 is 13.9 Å². The highest BCUT2D eigenvalue weighted by molar-refractivity contribution is 5.91. The molecule has 4 aliphatic rings. The van der Waals surface area contributed by atoms with E-state index in [1.165, 1.54) is 27.2 Å². The molecule has 1 amide bonds. The Morgan fingerprint density at radius 1 is 1.19 bits per heavy atom. The molecule has 3 atom stereocenters. The maximum Gasteiger partial charge on any atom is 0.318 e. The molecule has 2 aliphatic heterocycles. The van der Waals surface area contributed by atoms with E-state index in [4.69, 9.17) is 14.7 Å².